The van der Waals surface area contributed by atoms with Gasteiger partial charge in [-0.15, -0.1) is 0 Å². The first kappa shape index (κ1) is 14.0. The third-order valence-corrected chi connectivity index (χ3v) is 3.54. The van der Waals surface area contributed by atoms with Gasteiger partial charge in [0.2, 0.25) is 0 Å². The van der Waals surface area contributed by atoms with E-state index >= 15 is 0 Å². The summed E-state index contributed by atoms with van der Waals surface area (Å²) >= 11 is 0. The van der Waals surface area contributed by atoms with Crippen molar-refractivity contribution >= 4 is 10.9 Å². The van der Waals surface area contributed by atoms with Gasteiger partial charge in [0.15, 0.2) is 0 Å². The maximum atomic E-state index is 6.16. The van der Waals surface area contributed by atoms with Crippen LogP contribution in [0.4, 0.5) is 0 Å². The lowest BCUT2D eigenvalue weighted by Crippen LogP contribution is -2.16. The van der Waals surface area contributed by atoms with Gasteiger partial charge in [-0.3, -0.25) is 4.98 Å². The number of rotatable bonds is 1. The van der Waals surface area contributed by atoms with Crippen LogP contribution in [0, 0.1) is 13.8 Å². The molecule has 0 aliphatic carbocycles. The van der Waals surface area contributed by atoms with Gasteiger partial charge in [0.1, 0.15) is 0 Å². The number of hydrogen-bond donors (Lipinski definition) is 1. The Morgan fingerprint density at radius 1 is 1.11 bits per heavy atom. The summed E-state index contributed by atoms with van der Waals surface area (Å²) in [5.74, 6) is 0. The summed E-state index contributed by atoms with van der Waals surface area (Å²) in [6.45, 7) is 12.9. The summed E-state index contributed by atoms with van der Waals surface area (Å²) < 4.78 is 0. The summed E-state index contributed by atoms with van der Waals surface area (Å²) in [5.41, 5.74) is 12.1. The monoisotopic (exact) mass is 256 g/mol. The zero-order valence-corrected chi connectivity index (χ0v) is 12.8. The van der Waals surface area contributed by atoms with Gasteiger partial charge >= 0.3 is 0 Å². The third kappa shape index (κ3) is 2.64. The second-order valence-corrected chi connectivity index (χ2v) is 6.61. The first-order valence-corrected chi connectivity index (χ1v) is 6.88. The van der Waals surface area contributed by atoms with Crippen molar-refractivity contribution in [1.29, 1.82) is 0 Å². The van der Waals surface area contributed by atoms with Gasteiger partial charge in [-0.1, -0.05) is 32.4 Å². The minimum atomic E-state index is 0.0211. The van der Waals surface area contributed by atoms with Crippen LogP contribution >= 0.6 is 0 Å². The molecular formula is C17H24N2. The van der Waals surface area contributed by atoms with Crippen molar-refractivity contribution < 1.29 is 0 Å². The first-order chi connectivity index (χ1) is 8.70. The van der Waals surface area contributed by atoms with Gasteiger partial charge in [0.05, 0.1) is 5.52 Å². The fraction of sp³-hybridized carbons (Fsp3) is 0.471. The summed E-state index contributed by atoms with van der Waals surface area (Å²) in [6.07, 6.45) is 0. The van der Waals surface area contributed by atoms with E-state index in [0.29, 0.717) is 0 Å². The molecule has 0 aliphatic rings. The molecule has 1 aromatic heterocycles. The van der Waals surface area contributed by atoms with Gasteiger partial charge < -0.3 is 5.73 Å². The molecule has 0 bridgehead atoms. The van der Waals surface area contributed by atoms with Crippen molar-refractivity contribution in [2.45, 2.75) is 53.0 Å². The molecule has 1 atom stereocenters. The van der Waals surface area contributed by atoms with Crippen LogP contribution in [0.5, 0.6) is 0 Å². The highest BCUT2D eigenvalue weighted by Crippen LogP contribution is 2.30. The van der Waals surface area contributed by atoms with Crippen molar-refractivity contribution in [2.75, 3.05) is 0 Å². The molecule has 2 aromatic rings. The number of fused-ring (bicyclic) bond motifs is 1. The Kier molecular flexibility index (Phi) is 3.40. The maximum Gasteiger partial charge on any atom is 0.0738 e. The predicted octanol–water partition coefficient (Wildman–Crippen LogP) is 4.17. The van der Waals surface area contributed by atoms with E-state index in [0.717, 1.165) is 11.2 Å². The Bertz CT molecular complexity index is 619. The molecule has 2 rings (SSSR count). The zero-order valence-electron chi connectivity index (χ0n) is 12.8. The molecule has 0 saturated heterocycles. The van der Waals surface area contributed by atoms with Crippen molar-refractivity contribution in [1.82, 2.24) is 4.98 Å². The van der Waals surface area contributed by atoms with Crippen molar-refractivity contribution in [3.63, 3.8) is 0 Å². The summed E-state index contributed by atoms with van der Waals surface area (Å²) in [5, 5.41) is 1.19. The van der Waals surface area contributed by atoms with E-state index in [1.54, 1.807) is 0 Å². The lowest BCUT2D eigenvalue weighted by atomic mass is 9.88. The van der Waals surface area contributed by atoms with Crippen LogP contribution in [-0.4, -0.2) is 4.98 Å². The molecule has 0 radical (unpaired) electrons. The fourth-order valence-corrected chi connectivity index (χ4v) is 2.47. The summed E-state index contributed by atoms with van der Waals surface area (Å²) in [6, 6.07) is 6.58. The molecule has 0 spiro atoms. The Hall–Kier alpha value is -1.41. The first-order valence-electron chi connectivity index (χ1n) is 6.88. The Morgan fingerprint density at radius 2 is 1.74 bits per heavy atom. The van der Waals surface area contributed by atoms with E-state index in [9.17, 15) is 0 Å². The standard InChI is InChI=1S/C17H24N2/c1-10-7-11(2)16-14(8-10)13(12(3)18)9-15(19-16)17(4,5)6/h7-9,12H,18H2,1-6H3. The predicted molar refractivity (Wildman–Crippen MR) is 82.5 cm³/mol. The van der Waals surface area contributed by atoms with E-state index in [-0.39, 0.29) is 11.5 Å². The highest BCUT2D eigenvalue weighted by atomic mass is 14.7. The maximum absolute atomic E-state index is 6.16. The van der Waals surface area contributed by atoms with E-state index < -0.39 is 0 Å². The Balaban J connectivity index is 2.88. The Labute approximate surface area is 116 Å². The lowest BCUT2D eigenvalue weighted by molar-refractivity contribution is 0.569. The average molecular weight is 256 g/mol. The molecule has 2 heteroatoms. The van der Waals surface area contributed by atoms with Crippen LogP contribution in [0.15, 0.2) is 18.2 Å². The molecule has 1 heterocycles. The lowest BCUT2D eigenvalue weighted by Gasteiger charge is -2.22. The second kappa shape index (κ2) is 4.61. The van der Waals surface area contributed by atoms with Crippen molar-refractivity contribution in [3.05, 3.63) is 40.6 Å². The second-order valence-electron chi connectivity index (χ2n) is 6.61. The van der Waals surface area contributed by atoms with E-state index in [4.69, 9.17) is 10.7 Å². The number of aromatic nitrogens is 1. The van der Waals surface area contributed by atoms with Crippen molar-refractivity contribution in [3.8, 4) is 0 Å². The zero-order chi connectivity index (χ0) is 14.4. The van der Waals surface area contributed by atoms with Crippen LogP contribution in [-0.2, 0) is 5.41 Å². The molecule has 2 N–H and O–H groups in total. The molecule has 2 nitrogen and oxygen atoms in total. The van der Waals surface area contributed by atoms with Gasteiger partial charge in [-0.05, 0) is 44.0 Å². The van der Waals surface area contributed by atoms with Crippen LogP contribution in [0.1, 0.15) is 56.1 Å². The van der Waals surface area contributed by atoms with E-state index in [1.807, 2.05) is 6.92 Å². The van der Waals surface area contributed by atoms with Crippen LogP contribution in [0.25, 0.3) is 10.9 Å². The largest absolute Gasteiger partial charge is 0.324 e. The topological polar surface area (TPSA) is 38.9 Å². The van der Waals surface area contributed by atoms with E-state index in [1.165, 1.54) is 22.1 Å². The number of aryl methyl sites for hydroxylation is 2. The molecule has 19 heavy (non-hydrogen) atoms. The van der Waals surface area contributed by atoms with Crippen LogP contribution < -0.4 is 5.73 Å². The molecule has 0 amide bonds. The molecular weight excluding hydrogens is 232 g/mol. The molecule has 0 saturated carbocycles. The number of pyridine rings is 1. The molecule has 0 aliphatic heterocycles. The van der Waals surface area contributed by atoms with Gasteiger partial charge in [0.25, 0.3) is 0 Å². The van der Waals surface area contributed by atoms with Crippen LogP contribution in [0.3, 0.4) is 0 Å². The molecule has 0 fully saturated rings. The normalized spacial score (nSPS) is 13.8. The summed E-state index contributed by atoms with van der Waals surface area (Å²) in [4.78, 5) is 4.87. The smallest absolute Gasteiger partial charge is 0.0738 e. The van der Waals surface area contributed by atoms with E-state index in [2.05, 4.69) is 52.8 Å². The quantitative estimate of drug-likeness (QED) is 0.831. The number of hydrogen-bond acceptors (Lipinski definition) is 2. The third-order valence-electron chi connectivity index (χ3n) is 3.54. The van der Waals surface area contributed by atoms with Crippen molar-refractivity contribution in [2.24, 2.45) is 5.73 Å². The van der Waals surface area contributed by atoms with Gasteiger partial charge in [-0.2, -0.15) is 0 Å². The number of nitrogens with zero attached hydrogens (tertiary/aromatic N) is 1. The highest BCUT2D eigenvalue weighted by Gasteiger charge is 2.19. The fourth-order valence-electron chi connectivity index (χ4n) is 2.47. The Morgan fingerprint density at radius 3 is 2.26 bits per heavy atom. The minimum absolute atomic E-state index is 0.0211. The molecule has 1 unspecified atom stereocenters. The highest BCUT2D eigenvalue weighted by molar-refractivity contribution is 5.86. The molecule has 102 valence electrons. The van der Waals surface area contributed by atoms with Gasteiger partial charge in [0, 0.05) is 22.5 Å². The minimum Gasteiger partial charge on any atom is -0.324 e. The van der Waals surface area contributed by atoms with Crippen LogP contribution in [0.2, 0.25) is 0 Å². The number of benzene rings is 1. The summed E-state index contributed by atoms with van der Waals surface area (Å²) in [7, 11) is 0. The van der Waals surface area contributed by atoms with Gasteiger partial charge in [-0.25, -0.2) is 0 Å². The molecule has 1 aromatic carbocycles. The average Bonchev–Trinajstić information content (AvgIpc) is 2.25. The number of nitrogens with two attached hydrogens (primary N) is 1. The SMILES string of the molecule is Cc1cc(C)c2nc(C(C)(C)C)cc(C(C)N)c2c1.